The van der Waals surface area contributed by atoms with Gasteiger partial charge in [-0.1, -0.05) is 0 Å². The molecular formula is C7H9N3O2. The van der Waals surface area contributed by atoms with Crippen molar-refractivity contribution in [2.45, 2.75) is 0 Å². The number of nitrogens with zero attached hydrogens (tertiary/aromatic N) is 1. The maximum Gasteiger partial charge on any atom is 0.293 e. The van der Waals surface area contributed by atoms with E-state index in [1.807, 2.05) is 0 Å². The number of amides is 1. The third kappa shape index (κ3) is 1.93. The third-order valence-corrected chi connectivity index (χ3v) is 1.21. The van der Waals surface area contributed by atoms with Crippen molar-refractivity contribution in [3.05, 3.63) is 24.0 Å². The van der Waals surface area contributed by atoms with Gasteiger partial charge in [-0.15, -0.1) is 0 Å². The number of hydrogen-bond acceptors (Lipinski definition) is 4. The van der Waals surface area contributed by atoms with Crippen LogP contribution in [0, 0.1) is 0 Å². The minimum atomic E-state index is -0.412. The Morgan fingerprint density at radius 1 is 1.75 bits per heavy atom. The van der Waals surface area contributed by atoms with E-state index < -0.39 is 5.91 Å². The lowest BCUT2D eigenvalue weighted by Gasteiger charge is -2.00. The molecule has 12 heavy (non-hydrogen) atoms. The fraction of sp³-hybridized carbons (Fsp3) is 0.143. The first-order valence-corrected chi connectivity index (χ1v) is 3.29. The van der Waals surface area contributed by atoms with Gasteiger partial charge in [-0.25, -0.2) is 5.48 Å². The van der Waals surface area contributed by atoms with Crippen molar-refractivity contribution in [1.29, 1.82) is 0 Å². The average Bonchev–Trinajstić information content (AvgIpc) is 2.05. The Morgan fingerprint density at radius 2 is 2.50 bits per heavy atom. The normalized spacial score (nSPS) is 9.42. The summed E-state index contributed by atoms with van der Waals surface area (Å²) < 4.78 is 0. The molecular weight excluding hydrogens is 158 g/mol. The van der Waals surface area contributed by atoms with E-state index in [1.54, 1.807) is 6.07 Å². The van der Waals surface area contributed by atoms with E-state index >= 15 is 0 Å². The summed E-state index contributed by atoms with van der Waals surface area (Å²) in [6, 6.07) is 3.07. The number of rotatable bonds is 2. The molecule has 0 aliphatic heterocycles. The average molecular weight is 167 g/mol. The fourth-order valence-corrected chi connectivity index (χ4v) is 0.716. The molecule has 0 radical (unpaired) electrons. The van der Waals surface area contributed by atoms with Gasteiger partial charge >= 0.3 is 0 Å². The molecule has 0 aromatic carbocycles. The first kappa shape index (κ1) is 8.48. The summed E-state index contributed by atoms with van der Waals surface area (Å²) in [6.07, 6.45) is 1.46. The predicted octanol–water partition coefficient (Wildman–Crippen LogP) is -0.0450. The Kier molecular flexibility index (Phi) is 2.60. The minimum Gasteiger partial charge on any atom is -0.399 e. The summed E-state index contributed by atoms with van der Waals surface area (Å²) in [5.74, 6) is -0.412. The Balaban J connectivity index is 2.81. The summed E-state index contributed by atoms with van der Waals surface area (Å²) in [4.78, 5) is 19.2. The first-order valence-electron chi connectivity index (χ1n) is 3.29. The number of hydroxylamine groups is 1. The molecule has 0 aliphatic rings. The highest BCUT2D eigenvalue weighted by Crippen LogP contribution is 2.01. The van der Waals surface area contributed by atoms with E-state index in [9.17, 15) is 4.79 Å². The molecule has 5 nitrogen and oxygen atoms in total. The van der Waals surface area contributed by atoms with E-state index in [4.69, 9.17) is 5.73 Å². The molecule has 0 atom stereocenters. The smallest absolute Gasteiger partial charge is 0.293 e. The molecule has 0 saturated carbocycles. The monoisotopic (exact) mass is 167 g/mol. The number of hydrogen-bond donors (Lipinski definition) is 2. The minimum absolute atomic E-state index is 0.233. The second kappa shape index (κ2) is 3.68. The molecule has 0 bridgehead atoms. The van der Waals surface area contributed by atoms with Crippen LogP contribution in [0.5, 0.6) is 0 Å². The van der Waals surface area contributed by atoms with Gasteiger partial charge in [-0.2, -0.15) is 0 Å². The molecule has 0 aliphatic carbocycles. The number of nitrogen functional groups attached to an aromatic ring is 1. The molecule has 1 aromatic rings. The predicted molar refractivity (Wildman–Crippen MR) is 43.1 cm³/mol. The van der Waals surface area contributed by atoms with Gasteiger partial charge in [-0.05, 0) is 12.1 Å². The lowest BCUT2D eigenvalue weighted by molar-refractivity contribution is 0.0532. The number of carbonyl (C=O) groups excluding carboxylic acids is 1. The van der Waals surface area contributed by atoms with Crippen LogP contribution in [0.4, 0.5) is 5.69 Å². The lowest BCUT2D eigenvalue weighted by atomic mass is 10.3. The maximum atomic E-state index is 11.0. The van der Waals surface area contributed by atoms with Crippen molar-refractivity contribution >= 4 is 11.6 Å². The fourth-order valence-electron chi connectivity index (χ4n) is 0.716. The van der Waals surface area contributed by atoms with Crippen molar-refractivity contribution in [2.75, 3.05) is 12.8 Å². The first-order chi connectivity index (χ1) is 5.74. The van der Waals surface area contributed by atoms with Crippen LogP contribution in [-0.4, -0.2) is 18.0 Å². The van der Waals surface area contributed by atoms with E-state index in [0.717, 1.165) is 0 Å². The molecule has 0 unspecified atom stereocenters. The molecule has 1 rings (SSSR count). The molecule has 1 aromatic heterocycles. The summed E-state index contributed by atoms with van der Waals surface area (Å²) >= 11 is 0. The van der Waals surface area contributed by atoms with E-state index in [2.05, 4.69) is 15.3 Å². The Hall–Kier alpha value is -1.62. The zero-order valence-electron chi connectivity index (χ0n) is 6.57. The van der Waals surface area contributed by atoms with E-state index in [1.165, 1.54) is 19.4 Å². The quantitative estimate of drug-likeness (QED) is 0.605. The van der Waals surface area contributed by atoms with Crippen molar-refractivity contribution in [3.63, 3.8) is 0 Å². The van der Waals surface area contributed by atoms with Crippen LogP contribution < -0.4 is 11.2 Å². The number of carbonyl (C=O) groups is 1. The highest BCUT2D eigenvalue weighted by atomic mass is 16.6. The molecule has 1 amide bonds. The Labute approximate surface area is 69.5 Å². The summed E-state index contributed by atoms with van der Waals surface area (Å²) in [6.45, 7) is 0. The van der Waals surface area contributed by atoms with E-state index in [0.29, 0.717) is 5.69 Å². The van der Waals surface area contributed by atoms with Gasteiger partial charge in [-0.3, -0.25) is 14.6 Å². The van der Waals surface area contributed by atoms with Gasteiger partial charge in [0, 0.05) is 11.9 Å². The number of anilines is 1. The van der Waals surface area contributed by atoms with Crippen molar-refractivity contribution in [3.8, 4) is 0 Å². The van der Waals surface area contributed by atoms with Gasteiger partial charge in [0.2, 0.25) is 0 Å². The summed E-state index contributed by atoms with van der Waals surface area (Å²) in [5, 5.41) is 0. The molecule has 0 fully saturated rings. The summed E-state index contributed by atoms with van der Waals surface area (Å²) in [5.41, 5.74) is 8.29. The number of pyridine rings is 1. The van der Waals surface area contributed by atoms with Gasteiger partial charge < -0.3 is 5.73 Å². The second-order valence-corrected chi connectivity index (χ2v) is 2.11. The highest BCUT2D eigenvalue weighted by molar-refractivity contribution is 5.92. The molecule has 5 heteroatoms. The number of nitrogens with one attached hydrogen (secondary N) is 1. The highest BCUT2D eigenvalue weighted by Gasteiger charge is 2.05. The van der Waals surface area contributed by atoms with Crippen LogP contribution in [-0.2, 0) is 4.84 Å². The molecule has 0 saturated heterocycles. The van der Waals surface area contributed by atoms with Gasteiger partial charge in [0.05, 0.1) is 7.11 Å². The molecule has 1 heterocycles. The van der Waals surface area contributed by atoms with Crippen LogP contribution in [0.25, 0.3) is 0 Å². The van der Waals surface area contributed by atoms with Crippen LogP contribution in [0.3, 0.4) is 0 Å². The van der Waals surface area contributed by atoms with Crippen molar-refractivity contribution in [1.82, 2.24) is 10.5 Å². The second-order valence-electron chi connectivity index (χ2n) is 2.11. The zero-order chi connectivity index (χ0) is 8.97. The molecule has 64 valence electrons. The van der Waals surface area contributed by atoms with Gasteiger partial charge in [0.25, 0.3) is 5.91 Å². The molecule has 0 spiro atoms. The Bertz CT molecular complexity index is 288. The van der Waals surface area contributed by atoms with Crippen LogP contribution in [0.15, 0.2) is 18.3 Å². The Morgan fingerprint density at radius 3 is 3.08 bits per heavy atom. The van der Waals surface area contributed by atoms with Crippen LogP contribution in [0.1, 0.15) is 10.5 Å². The standard InChI is InChI=1S/C7H9N3O2/c1-12-10-7(11)6-4-5(8)2-3-9-6/h2-4H,1H3,(H2,8,9)(H,10,11). The van der Waals surface area contributed by atoms with Gasteiger partial charge in [0.15, 0.2) is 0 Å². The number of nitrogens with two attached hydrogens (primary N) is 1. The van der Waals surface area contributed by atoms with Crippen LogP contribution in [0.2, 0.25) is 0 Å². The number of aromatic nitrogens is 1. The third-order valence-electron chi connectivity index (χ3n) is 1.21. The zero-order valence-corrected chi connectivity index (χ0v) is 6.57. The van der Waals surface area contributed by atoms with E-state index in [-0.39, 0.29) is 5.69 Å². The maximum absolute atomic E-state index is 11.0. The molecule has 3 N–H and O–H groups in total. The SMILES string of the molecule is CONC(=O)c1cc(N)ccn1. The van der Waals surface area contributed by atoms with Crippen molar-refractivity contribution < 1.29 is 9.63 Å². The van der Waals surface area contributed by atoms with Crippen LogP contribution >= 0.6 is 0 Å². The van der Waals surface area contributed by atoms with Gasteiger partial charge in [0.1, 0.15) is 5.69 Å². The largest absolute Gasteiger partial charge is 0.399 e. The summed E-state index contributed by atoms with van der Waals surface area (Å²) in [7, 11) is 1.35. The topological polar surface area (TPSA) is 77.2 Å². The lowest BCUT2D eigenvalue weighted by Crippen LogP contribution is -2.22. The van der Waals surface area contributed by atoms with Crippen molar-refractivity contribution in [2.24, 2.45) is 0 Å².